The van der Waals surface area contributed by atoms with Crippen LogP contribution in [0.3, 0.4) is 0 Å². The molecule has 4 heteroatoms. The molecule has 20 heavy (non-hydrogen) atoms. The molecular formula is C16H15BrFNO. The van der Waals surface area contributed by atoms with Crippen molar-refractivity contribution in [2.24, 2.45) is 5.73 Å². The van der Waals surface area contributed by atoms with Crippen molar-refractivity contribution in [2.75, 3.05) is 6.61 Å². The van der Waals surface area contributed by atoms with Crippen LogP contribution < -0.4 is 10.5 Å². The molecule has 0 radical (unpaired) electrons. The van der Waals surface area contributed by atoms with Crippen LogP contribution in [0.5, 0.6) is 5.75 Å². The lowest BCUT2D eigenvalue weighted by atomic mass is 9.94. The number of nitrogens with two attached hydrogens (primary N) is 1. The van der Waals surface area contributed by atoms with Gasteiger partial charge in [-0.05, 0) is 40.4 Å². The average molecular weight is 336 g/mol. The summed E-state index contributed by atoms with van der Waals surface area (Å²) in [5, 5.41) is 0. The third-order valence-electron chi connectivity index (χ3n) is 3.62. The Morgan fingerprint density at radius 1 is 1.15 bits per heavy atom. The first-order valence-corrected chi connectivity index (χ1v) is 7.42. The van der Waals surface area contributed by atoms with Crippen LogP contribution in [0, 0.1) is 5.82 Å². The average Bonchev–Trinajstić information content (AvgIpc) is 2.49. The molecule has 0 fully saturated rings. The van der Waals surface area contributed by atoms with Gasteiger partial charge in [0.2, 0.25) is 0 Å². The van der Waals surface area contributed by atoms with E-state index in [-0.39, 0.29) is 5.82 Å². The smallest absolute Gasteiger partial charge is 0.142 e. The van der Waals surface area contributed by atoms with E-state index in [2.05, 4.69) is 15.9 Å². The molecule has 104 valence electrons. The number of fused-ring (bicyclic) bond motifs is 1. The molecule has 0 amide bonds. The fraction of sp³-hybridized carbons (Fsp3) is 0.250. The molecule has 1 aliphatic rings. The topological polar surface area (TPSA) is 35.2 Å². The molecule has 0 aliphatic carbocycles. The van der Waals surface area contributed by atoms with Crippen molar-refractivity contribution in [3.05, 3.63) is 63.4 Å². The maximum atomic E-state index is 14.2. The van der Waals surface area contributed by atoms with Crippen molar-refractivity contribution < 1.29 is 9.13 Å². The molecule has 2 N–H and O–H groups in total. The summed E-state index contributed by atoms with van der Waals surface area (Å²) in [5.41, 5.74) is 8.74. The van der Waals surface area contributed by atoms with E-state index in [1.807, 2.05) is 18.2 Å². The predicted octanol–water partition coefficient (Wildman–Crippen LogP) is 3.96. The molecule has 2 nitrogen and oxygen atoms in total. The molecule has 0 saturated heterocycles. The van der Waals surface area contributed by atoms with E-state index in [4.69, 9.17) is 10.5 Å². The molecule has 2 aromatic carbocycles. The van der Waals surface area contributed by atoms with Gasteiger partial charge >= 0.3 is 0 Å². The molecular weight excluding hydrogens is 321 g/mol. The van der Waals surface area contributed by atoms with E-state index in [1.165, 1.54) is 0 Å². The molecule has 0 bridgehead atoms. The van der Waals surface area contributed by atoms with Gasteiger partial charge in [-0.2, -0.15) is 0 Å². The standard InChI is InChI=1S/C16H15BrFNO/c17-13-8-2-6-11(14(13)18)15(19)12-7-1-4-10-5-3-9-20-16(10)12/h1-2,4,6-8,15H,3,5,9,19H2. The second-order valence-electron chi connectivity index (χ2n) is 4.91. The Labute approximate surface area is 125 Å². The van der Waals surface area contributed by atoms with Crippen LogP contribution in [0.15, 0.2) is 40.9 Å². The van der Waals surface area contributed by atoms with Gasteiger partial charge in [-0.15, -0.1) is 0 Å². The molecule has 3 rings (SSSR count). The number of hydrogen-bond acceptors (Lipinski definition) is 2. The van der Waals surface area contributed by atoms with Gasteiger partial charge in [-0.1, -0.05) is 30.3 Å². The molecule has 1 atom stereocenters. The van der Waals surface area contributed by atoms with Crippen LogP contribution in [0.25, 0.3) is 0 Å². The third-order valence-corrected chi connectivity index (χ3v) is 4.23. The van der Waals surface area contributed by atoms with Gasteiger partial charge in [0, 0.05) is 11.1 Å². The van der Waals surface area contributed by atoms with Crippen molar-refractivity contribution in [2.45, 2.75) is 18.9 Å². The minimum Gasteiger partial charge on any atom is -0.493 e. The van der Waals surface area contributed by atoms with E-state index in [0.717, 1.165) is 29.7 Å². The maximum absolute atomic E-state index is 14.2. The van der Waals surface area contributed by atoms with Crippen LogP contribution in [-0.4, -0.2) is 6.61 Å². The number of para-hydroxylation sites is 1. The van der Waals surface area contributed by atoms with E-state index in [1.54, 1.807) is 18.2 Å². The van der Waals surface area contributed by atoms with Gasteiger partial charge in [-0.3, -0.25) is 0 Å². The molecule has 2 aromatic rings. The van der Waals surface area contributed by atoms with Crippen LogP contribution in [0.4, 0.5) is 4.39 Å². The molecule has 1 heterocycles. The molecule has 0 spiro atoms. The van der Waals surface area contributed by atoms with Gasteiger partial charge in [0.15, 0.2) is 0 Å². The highest BCUT2D eigenvalue weighted by Gasteiger charge is 2.22. The number of aryl methyl sites for hydroxylation is 1. The quantitative estimate of drug-likeness (QED) is 0.901. The summed E-state index contributed by atoms with van der Waals surface area (Å²) in [6.07, 6.45) is 1.99. The lowest BCUT2D eigenvalue weighted by Crippen LogP contribution is -2.18. The normalized spacial score (nSPS) is 15.3. The van der Waals surface area contributed by atoms with Gasteiger partial charge in [0.25, 0.3) is 0 Å². The van der Waals surface area contributed by atoms with Gasteiger partial charge in [0.05, 0.1) is 17.1 Å². The van der Waals surface area contributed by atoms with Crippen LogP contribution in [0.1, 0.15) is 29.2 Å². The van der Waals surface area contributed by atoms with E-state index in [0.29, 0.717) is 16.6 Å². The van der Waals surface area contributed by atoms with Crippen molar-refractivity contribution in [1.82, 2.24) is 0 Å². The first-order valence-electron chi connectivity index (χ1n) is 6.62. The van der Waals surface area contributed by atoms with Crippen molar-refractivity contribution in [1.29, 1.82) is 0 Å². The Bertz CT molecular complexity index is 644. The highest BCUT2D eigenvalue weighted by Crippen LogP contribution is 2.36. The van der Waals surface area contributed by atoms with Crippen molar-refractivity contribution in [3.63, 3.8) is 0 Å². The molecule has 0 saturated carbocycles. The Balaban J connectivity index is 2.07. The fourth-order valence-corrected chi connectivity index (χ4v) is 2.97. The summed E-state index contributed by atoms with van der Waals surface area (Å²) in [4.78, 5) is 0. The van der Waals surface area contributed by atoms with E-state index >= 15 is 0 Å². The SMILES string of the molecule is NC(c1cccc(Br)c1F)c1cccc2c1OCCC2. The summed E-state index contributed by atoms with van der Waals surface area (Å²) in [6, 6.07) is 10.6. The zero-order chi connectivity index (χ0) is 14.1. The number of benzene rings is 2. The zero-order valence-corrected chi connectivity index (χ0v) is 12.5. The minimum absolute atomic E-state index is 0.312. The number of ether oxygens (including phenoxy) is 1. The monoisotopic (exact) mass is 335 g/mol. The fourth-order valence-electron chi connectivity index (χ4n) is 2.59. The summed E-state index contributed by atoms with van der Waals surface area (Å²) in [5.74, 6) is 0.513. The number of rotatable bonds is 2. The minimum atomic E-state index is -0.527. The Hall–Kier alpha value is -1.39. The van der Waals surface area contributed by atoms with Crippen molar-refractivity contribution in [3.8, 4) is 5.75 Å². The summed E-state index contributed by atoms with van der Waals surface area (Å²) in [7, 11) is 0. The first-order chi connectivity index (χ1) is 9.68. The highest BCUT2D eigenvalue weighted by atomic mass is 79.9. The zero-order valence-electron chi connectivity index (χ0n) is 10.9. The summed E-state index contributed by atoms with van der Waals surface area (Å²) >= 11 is 3.20. The number of halogens is 2. The second-order valence-corrected chi connectivity index (χ2v) is 5.76. The molecule has 1 aliphatic heterocycles. The second kappa shape index (κ2) is 5.54. The Morgan fingerprint density at radius 3 is 2.75 bits per heavy atom. The maximum Gasteiger partial charge on any atom is 0.142 e. The van der Waals surface area contributed by atoms with Gasteiger partial charge in [-0.25, -0.2) is 4.39 Å². The summed E-state index contributed by atoms with van der Waals surface area (Å²) < 4.78 is 20.4. The Morgan fingerprint density at radius 2 is 1.90 bits per heavy atom. The molecule has 0 aromatic heterocycles. The van der Waals surface area contributed by atoms with Crippen molar-refractivity contribution >= 4 is 15.9 Å². The van der Waals surface area contributed by atoms with Crippen LogP contribution >= 0.6 is 15.9 Å². The Kier molecular flexibility index (Phi) is 3.76. The van der Waals surface area contributed by atoms with Crippen LogP contribution in [0.2, 0.25) is 0 Å². The molecule has 1 unspecified atom stereocenters. The third kappa shape index (κ3) is 2.34. The predicted molar refractivity (Wildman–Crippen MR) is 80.4 cm³/mol. The van der Waals surface area contributed by atoms with Gasteiger partial charge in [0.1, 0.15) is 11.6 Å². The van der Waals surface area contributed by atoms with Gasteiger partial charge < -0.3 is 10.5 Å². The van der Waals surface area contributed by atoms with E-state index in [9.17, 15) is 4.39 Å². The largest absolute Gasteiger partial charge is 0.493 e. The highest BCUT2D eigenvalue weighted by molar-refractivity contribution is 9.10. The number of hydrogen-bond donors (Lipinski definition) is 1. The summed E-state index contributed by atoms with van der Waals surface area (Å²) in [6.45, 7) is 0.692. The first kappa shape index (κ1) is 13.6. The van der Waals surface area contributed by atoms with E-state index < -0.39 is 6.04 Å². The lowest BCUT2D eigenvalue weighted by Gasteiger charge is -2.23. The van der Waals surface area contributed by atoms with Crippen LogP contribution in [-0.2, 0) is 6.42 Å². The lowest BCUT2D eigenvalue weighted by molar-refractivity contribution is 0.284.